The number of halogens is 3. The molecule has 0 aromatic heterocycles. The van der Waals surface area contributed by atoms with E-state index in [2.05, 4.69) is 17.0 Å². The molecule has 0 unspecified atom stereocenters. The molecule has 2 nitrogen and oxygen atoms in total. The first-order valence-corrected chi connectivity index (χ1v) is 3.75. The second-order valence-corrected chi connectivity index (χ2v) is 2.72. The van der Waals surface area contributed by atoms with Crippen LogP contribution in [-0.2, 0) is 4.74 Å². The van der Waals surface area contributed by atoms with Crippen LogP contribution >= 0.6 is 12.2 Å². The summed E-state index contributed by atoms with van der Waals surface area (Å²) >= 11 is 4.49. The van der Waals surface area contributed by atoms with Crippen LogP contribution in [0.3, 0.4) is 0 Å². The average Bonchev–Trinajstić information content (AvgIpc) is 1.83. The summed E-state index contributed by atoms with van der Waals surface area (Å²) in [5.74, 6) is 0. The van der Waals surface area contributed by atoms with Gasteiger partial charge in [0.15, 0.2) is 0 Å². The number of rotatable bonds is 5. The molecule has 0 bridgehead atoms. The number of ether oxygens (including phenoxy) is 1. The van der Waals surface area contributed by atoms with Gasteiger partial charge in [-0.15, -0.1) is 0 Å². The van der Waals surface area contributed by atoms with Crippen LogP contribution in [-0.4, -0.2) is 24.4 Å². The second kappa shape index (κ2) is 5.31. The molecule has 0 radical (unpaired) electrons. The van der Waals surface area contributed by atoms with Crippen LogP contribution in [0.5, 0.6) is 0 Å². The third-order valence-corrected chi connectivity index (χ3v) is 1.23. The zero-order valence-corrected chi connectivity index (χ0v) is 7.17. The summed E-state index contributed by atoms with van der Waals surface area (Å²) in [7, 11) is 0. The van der Waals surface area contributed by atoms with Crippen LogP contribution < -0.4 is 5.73 Å². The third-order valence-electron chi connectivity index (χ3n) is 1.02. The number of thiocarbonyl (C=S) groups is 1. The Morgan fingerprint density at radius 1 is 1.33 bits per heavy atom. The standard InChI is InChI=1S/C6H10F3NOS/c7-6(8,9)2-4-11-3-1-5(10)12/h1-4H2,(H2,10,12). The normalized spacial score (nSPS) is 11.6. The van der Waals surface area contributed by atoms with Crippen molar-refractivity contribution in [2.75, 3.05) is 13.2 Å². The van der Waals surface area contributed by atoms with E-state index in [4.69, 9.17) is 5.73 Å². The van der Waals surface area contributed by atoms with Gasteiger partial charge in [-0.25, -0.2) is 0 Å². The van der Waals surface area contributed by atoms with Crippen molar-refractivity contribution in [3.8, 4) is 0 Å². The van der Waals surface area contributed by atoms with Gasteiger partial charge in [0.1, 0.15) is 0 Å². The van der Waals surface area contributed by atoms with Gasteiger partial charge < -0.3 is 10.5 Å². The monoisotopic (exact) mass is 201 g/mol. The summed E-state index contributed by atoms with van der Waals surface area (Å²) in [4.78, 5) is 0.252. The van der Waals surface area contributed by atoms with Crippen molar-refractivity contribution in [1.29, 1.82) is 0 Å². The van der Waals surface area contributed by atoms with E-state index in [0.717, 1.165) is 0 Å². The summed E-state index contributed by atoms with van der Waals surface area (Å²) in [5, 5.41) is 0. The Kier molecular flexibility index (Phi) is 5.16. The number of hydrogen-bond acceptors (Lipinski definition) is 2. The van der Waals surface area contributed by atoms with Gasteiger partial charge in [-0.1, -0.05) is 12.2 Å². The minimum absolute atomic E-state index is 0.158. The van der Waals surface area contributed by atoms with Crippen LogP contribution in [0.15, 0.2) is 0 Å². The van der Waals surface area contributed by atoms with Gasteiger partial charge in [0, 0.05) is 6.42 Å². The van der Waals surface area contributed by atoms with Crippen LogP contribution in [0.4, 0.5) is 13.2 Å². The van der Waals surface area contributed by atoms with Crippen LogP contribution in [0, 0.1) is 0 Å². The molecule has 2 N–H and O–H groups in total. The highest BCUT2D eigenvalue weighted by atomic mass is 32.1. The van der Waals surface area contributed by atoms with Crippen LogP contribution in [0.25, 0.3) is 0 Å². The van der Waals surface area contributed by atoms with E-state index < -0.39 is 12.6 Å². The first-order chi connectivity index (χ1) is 5.42. The van der Waals surface area contributed by atoms with E-state index >= 15 is 0 Å². The van der Waals surface area contributed by atoms with Crippen molar-refractivity contribution < 1.29 is 17.9 Å². The van der Waals surface area contributed by atoms with E-state index in [-0.39, 0.29) is 18.2 Å². The fourth-order valence-electron chi connectivity index (χ4n) is 0.463. The fourth-order valence-corrected chi connectivity index (χ4v) is 0.546. The van der Waals surface area contributed by atoms with E-state index in [1.807, 2.05) is 0 Å². The maximum Gasteiger partial charge on any atom is 0.391 e. The Hall–Kier alpha value is -0.360. The van der Waals surface area contributed by atoms with Gasteiger partial charge >= 0.3 is 6.18 Å². The number of nitrogens with two attached hydrogens (primary N) is 1. The summed E-state index contributed by atoms with van der Waals surface area (Å²) in [6, 6.07) is 0. The van der Waals surface area contributed by atoms with Crippen LogP contribution in [0.2, 0.25) is 0 Å². The fraction of sp³-hybridized carbons (Fsp3) is 0.833. The molecule has 0 saturated carbocycles. The lowest BCUT2D eigenvalue weighted by atomic mass is 10.4. The smallest absolute Gasteiger partial charge is 0.391 e. The molecule has 0 fully saturated rings. The molecule has 0 aliphatic rings. The Morgan fingerprint density at radius 2 is 1.92 bits per heavy atom. The molecule has 0 aliphatic carbocycles. The Bertz CT molecular complexity index is 148. The van der Waals surface area contributed by atoms with Crippen molar-refractivity contribution in [3.05, 3.63) is 0 Å². The highest BCUT2D eigenvalue weighted by Crippen LogP contribution is 2.18. The summed E-state index contributed by atoms with van der Waals surface area (Å²) < 4.78 is 39.2. The molecule has 0 aromatic carbocycles. The van der Waals surface area contributed by atoms with Gasteiger partial charge in [-0.05, 0) is 0 Å². The van der Waals surface area contributed by atoms with Crippen molar-refractivity contribution >= 4 is 17.2 Å². The molecule has 72 valence electrons. The zero-order chi connectivity index (χ0) is 9.61. The van der Waals surface area contributed by atoms with Gasteiger partial charge in [0.25, 0.3) is 0 Å². The van der Waals surface area contributed by atoms with Crippen molar-refractivity contribution in [1.82, 2.24) is 0 Å². The lowest BCUT2D eigenvalue weighted by molar-refractivity contribution is -0.144. The van der Waals surface area contributed by atoms with Gasteiger partial charge in [-0.3, -0.25) is 0 Å². The lowest BCUT2D eigenvalue weighted by Gasteiger charge is -2.06. The highest BCUT2D eigenvalue weighted by Gasteiger charge is 2.26. The summed E-state index contributed by atoms with van der Waals surface area (Å²) in [6.45, 7) is -0.169. The molecule has 12 heavy (non-hydrogen) atoms. The summed E-state index contributed by atoms with van der Waals surface area (Å²) in [5.41, 5.74) is 5.09. The quantitative estimate of drug-likeness (QED) is 0.542. The molecule has 0 saturated heterocycles. The Balaban J connectivity index is 3.17. The zero-order valence-electron chi connectivity index (χ0n) is 6.36. The maximum absolute atomic E-state index is 11.5. The summed E-state index contributed by atoms with van der Waals surface area (Å²) in [6.07, 6.45) is -4.75. The molecule has 0 heterocycles. The molecule has 0 aliphatic heterocycles. The lowest BCUT2D eigenvalue weighted by Crippen LogP contribution is -2.15. The molecule has 0 aromatic rings. The average molecular weight is 201 g/mol. The van der Waals surface area contributed by atoms with Crippen molar-refractivity contribution in [3.63, 3.8) is 0 Å². The number of hydrogen-bond donors (Lipinski definition) is 1. The molecule has 6 heteroatoms. The van der Waals surface area contributed by atoms with Gasteiger partial charge in [0.05, 0.1) is 24.6 Å². The molecule has 0 spiro atoms. The molecular weight excluding hydrogens is 191 g/mol. The largest absolute Gasteiger partial charge is 0.393 e. The topological polar surface area (TPSA) is 35.2 Å². The van der Waals surface area contributed by atoms with E-state index in [1.54, 1.807) is 0 Å². The van der Waals surface area contributed by atoms with Gasteiger partial charge in [0.2, 0.25) is 0 Å². The molecule has 0 rings (SSSR count). The van der Waals surface area contributed by atoms with Gasteiger partial charge in [-0.2, -0.15) is 13.2 Å². The Labute approximate surface area is 73.9 Å². The Morgan fingerprint density at radius 3 is 2.33 bits per heavy atom. The molecular formula is C6H10F3NOS. The minimum Gasteiger partial charge on any atom is -0.393 e. The predicted octanol–water partition coefficient (Wildman–Crippen LogP) is 1.63. The number of alkyl halides is 3. The third kappa shape index (κ3) is 9.64. The highest BCUT2D eigenvalue weighted by molar-refractivity contribution is 7.80. The van der Waals surface area contributed by atoms with Crippen LogP contribution in [0.1, 0.15) is 12.8 Å². The van der Waals surface area contributed by atoms with Crippen molar-refractivity contribution in [2.24, 2.45) is 5.73 Å². The molecule has 0 atom stereocenters. The minimum atomic E-state index is -4.15. The SMILES string of the molecule is NC(=S)CCOCCC(F)(F)F. The second-order valence-electron chi connectivity index (χ2n) is 2.19. The predicted molar refractivity (Wildman–Crippen MR) is 42.9 cm³/mol. The van der Waals surface area contributed by atoms with Crippen molar-refractivity contribution in [2.45, 2.75) is 19.0 Å². The van der Waals surface area contributed by atoms with E-state index in [1.165, 1.54) is 0 Å². The maximum atomic E-state index is 11.5. The molecule has 0 amide bonds. The van der Waals surface area contributed by atoms with E-state index in [0.29, 0.717) is 6.42 Å². The first-order valence-electron chi connectivity index (χ1n) is 3.34. The first kappa shape index (κ1) is 11.6. The van der Waals surface area contributed by atoms with E-state index in [9.17, 15) is 13.2 Å².